The fourth-order valence-electron chi connectivity index (χ4n) is 1.33. The lowest BCUT2D eigenvalue weighted by atomic mass is 10.1. The van der Waals surface area contributed by atoms with Crippen molar-refractivity contribution in [1.82, 2.24) is 5.32 Å². The van der Waals surface area contributed by atoms with E-state index >= 15 is 0 Å². The fraction of sp³-hybridized carbons (Fsp3) is 0.700. The maximum atomic E-state index is 11.5. The summed E-state index contributed by atoms with van der Waals surface area (Å²) in [6.45, 7) is 3.16. The maximum absolute atomic E-state index is 11.5. The van der Waals surface area contributed by atoms with Crippen molar-refractivity contribution >= 4 is 5.91 Å². The zero-order valence-electron chi connectivity index (χ0n) is 7.88. The van der Waals surface area contributed by atoms with Gasteiger partial charge in [0.15, 0.2) is 0 Å². The molecule has 3 heteroatoms. The largest absolute Gasteiger partial charge is 0.381 e. The van der Waals surface area contributed by atoms with Crippen molar-refractivity contribution < 1.29 is 9.53 Å². The average molecular weight is 181 g/mol. The molecular weight excluding hydrogens is 166 g/mol. The Morgan fingerprint density at radius 3 is 3.15 bits per heavy atom. The Balaban J connectivity index is 2.28. The highest BCUT2D eigenvalue weighted by Gasteiger charge is 2.23. The minimum absolute atomic E-state index is 0.0280. The zero-order chi connectivity index (χ0) is 9.68. The van der Waals surface area contributed by atoms with Gasteiger partial charge in [0.05, 0.1) is 12.5 Å². The number of terminal acetylenes is 1. The molecule has 2 unspecified atom stereocenters. The number of carbonyl (C=O) groups is 1. The van der Waals surface area contributed by atoms with E-state index in [0.29, 0.717) is 19.6 Å². The number of nitrogens with one attached hydrogen (secondary N) is 1. The molecule has 2 atom stereocenters. The van der Waals surface area contributed by atoms with E-state index in [9.17, 15) is 4.79 Å². The molecule has 13 heavy (non-hydrogen) atoms. The van der Waals surface area contributed by atoms with E-state index in [4.69, 9.17) is 11.2 Å². The van der Waals surface area contributed by atoms with Gasteiger partial charge in [0.1, 0.15) is 0 Å². The summed E-state index contributed by atoms with van der Waals surface area (Å²) in [7, 11) is 0. The Morgan fingerprint density at radius 1 is 1.85 bits per heavy atom. The van der Waals surface area contributed by atoms with Crippen molar-refractivity contribution in [1.29, 1.82) is 0 Å². The van der Waals surface area contributed by atoms with Gasteiger partial charge < -0.3 is 10.1 Å². The molecule has 0 aromatic carbocycles. The second kappa shape index (κ2) is 4.88. The van der Waals surface area contributed by atoms with Crippen LogP contribution in [0.15, 0.2) is 0 Å². The molecule has 1 aliphatic rings. The second-order valence-electron chi connectivity index (χ2n) is 3.38. The quantitative estimate of drug-likeness (QED) is 0.646. The topological polar surface area (TPSA) is 38.3 Å². The van der Waals surface area contributed by atoms with Crippen molar-refractivity contribution in [2.75, 3.05) is 13.2 Å². The molecule has 3 nitrogen and oxygen atoms in total. The van der Waals surface area contributed by atoms with Gasteiger partial charge in [-0.05, 0) is 13.3 Å². The Hall–Kier alpha value is -1.01. The van der Waals surface area contributed by atoms with E-state index in [2.05, 4.69) is 11.2 Å². The Kier molecular flexibility index (Phi) is 3.78. The standard InChI is InChI=1S/C10H15NO2/c1-3-4-8(2)11-10(12)9-5-6-13-7-9/h1,8-9H,4-7H2,2H3,(H,11,12). The number of hydrogen-bond acceptors (Lipinski definition) is 2. The summed E-state index contributed by atoms with van der Waals surface area (Å²) in [5, 5.41) is 2.86. The SMILES string of the molecule is C#CCC(C)NC(=O)C1CCOC1. The molecule has 1 rings (SSSR count). The Morgan fingerprint density at radius 2 is 2.62 bits per heavy atom. The molecule has 0 aliphatic carbocycles. The van der Waals surface area contributed by atoms with Crippen LogP contribution in [0.5, 0.6) is 0 Å². The van der Waals surface area contributed by atoms with Gasteiger partial charge in [-0.15, -0.1) is 12.3 Å². The summed E-state index contributed by atoms with van der Waals surface area (Å²) in [5.41, 5.74) is 0. The predicted molar refractivity (Wildman–Crippen MR) is 50.0 cm³/mol. The zero-order valence-corrected chi connectivity index (χ0v) is 7.88. The number of amides is 1. The average Bonchev–Trinajstić information content (AvgIpc) is 2.55. The van der Waals surface area contributed by atoms with Crippen molar-refractivity contribution in [2.45, 2.75) is 25.8 Å². The first-order chi connectivity index (χ1) is 6.24. The second-order valence-corrected chi connectivity index (χ2v) is 3.38. The van der Waals surface area contributed by atoms with Crippen LogP contribution >= 0.6 is 0 Å². The van der Waals surface area contributed by atoms with E-state index in [1.165, 1.54) is 0 Å². The summed E-state index contributed by atoms with van der Waals surface area (Å²) in [4.78, 5) is 11.5. The van der Waals surface area contributed by atoms with Crippen LogP contribution in [0.25, 0.3) is 0 Å². The molecule has 0 aromatic heterocycles. The molecule has 0 bridgehead atoms. The van der Waals surface area contributed by atoms with Crippen molar-refractivity contribution in [3.05, 3.63) is 0 Å². The first-order valence-corrected chi connectivity index (χ1v) is 4.55. The lowest BCUT2D eigenvalue weighted by Crippen LogP contribution is -2.37. The predicted octanol–water partition coefficient (Wildman–Crippen LogP) is 0.551. The molecule has 0 radical (unpaired) electrons. The van der Waals surface area contributed by atoms with Gasteiger partial charge in [-0.25, -0.2) is 0 Å². The van der Waals surface area contributed by atoms with Gasteiger partial charge in [-0.2, -0.15) is 0 Å². The third-order valence-corrected chi connectivity index (χ3v) is 2.11. The maximum Gasteiger partial charge on any atom is 0.225 e. The molecular formula is C10H15NO2. The Bertz CT molecular complexity index is 213. The summed E-state index contributed by atoms with van der Waals surface area (Å²) < 4.78 is 5.12. The molecule has 0 aromatic rings. The number of rotatable bonds is 3. The molecule has 0 spiro atoms. The van der Waals surface area contributed by atoms with Crippen LogP contribution in [-0.4, -0.2) is 25.2 Å². The minimum atomic E-state index is 0.0280. The van der Waals surface area contributed by atoms with Crippen LogP contribution in [0.1, 0.15) is 19.8 Å². The number of carbonyl (C=O) groups excluding carboxylic acids is 1. The van der Waals surface area contributed by atoms with Crippen LogP contribution in [0.2, 0.25) is 0 Å². The normalized spacial score (nSPS) is 23.5. The third kappa shape index (κ3) is 3.08. The monoisotopic (exact) mass is 181 g/mol. The van der Waals surface area contributed by atoms with Crippen LogP contribution in [0.4, 0.5) is 0 Å². The lowest BCUT2D eigenvalue weighted by molar-refractivity contribution is -0.125. The van der Waals surface area contributed by atoms with Crippen molar-refractivity contribution in [3.63, 3.8) is 0 Å². The Labute approximate surface area is 78.8 Å². The van der Waals surface area contributed by atoms with E-state index in [1.807, 2.05) is 6.92 Å². The van der Waals surface area contributed by atoms with Gasteiger partial charge in [0.2, 0.25) is 5.91 Å². The van der Waals surface area contributed by atoms with Crippen LogP contribution < -0.4 is 5.32 Å². The van der Waals surface area contributed by atoms with Gasteiger partial charge in [-0.3, -0.25) is 4.79 Å². The summed E-state index contributed by atoms with van der Waals surface area (Å²) >= 11 is 0. The molecule has 1 amide bonds. The molecule has 0 saturated carbocycles. The van der Waals surface area contributed by atoms with Gasteiger partial charge in [0, 0.05) is 19.1 Å². The van der Waals surface area contributed by atoms with Gasteiger partial charge in [0.25, 0.3) is 0 Å². The smallest absolute Gasteiger partial charge is 0.225 e. The van der Waals surface area contributed by atoms with Crippen molar-refractivity contribution in [3.8, 4) is 12.3 Å². The van der Waals surface area contributed by atoms with Crippen LogP contribution in [-0.2, 0) is 9.53 Å². The van der Waals surface area contributed by atoms with Crippen molar-refractivity contribution in [2.24, 2.45) is 5.92 Å². The van der Waals surface area contributed by atoms with Crippen LogP contribution in [0, 0.1) is 18.3 Å². The first-order valence-electron chi connectivity index (χ1n) is 4.55. The van der Waals surface area contributed by atoms with Crippen LogP contribution in [0.3, 0.4) is 0 Å². The molecule has 1 saturated heterocycles. The summed E-state index contributed by atoms with van der Waals surface area (Å²) in [6, 6.07) is 0.0677. The van der Waals surface area contributed by atoms with Gasteiger partial charge in [-0.1, -0.05) is 0 Å². The highest BCUT2D eigenvalue weighted by molar-refractivity contribution is 5.79. The first kappa shape index (κ1) is 10.1. The summed E-state index contributed by atoms with van der Waals surface area (Å²) in [6.07, 6.45) is 6.54. The minimum Gasteiger partial charge on any atom is -0.381 e. The molecule has 1 aliphatic heterocycles. The highest BCUT2D eigenvalue weighted by atomic mass is 16.5. The molecule has 1 heterocycles. The number of hydrogen-bond donors (Lipinski definition) is 1. The molecule has 1 N–H and O–H groups in total. The molecule has 72 valence electrons. The van der Waals surface area contributed by atoms with E-state index in [-0.39, 0.29) is 17.9 Å². The highest BCUT2D eigenvalue weighted by Crippen LogP contribution is 2.12. The lowest BCUT2D eigenvalue weighted by Gasteiger charge is -2.13. The van der Waals surface area contributed by atoms with E-state index in [1.54, 1.807) is 0 Å². The third-order valence-electron chi connectivity index (χ3n) is 2.11. The molecule has 1 fully saturated rings. The van der Waals surface area contributed by atoms with E-state index in [0.717, 1.165) is 6.42 Å². The van der Waals surface area contributed by atoms with E-state index < -0.39 is 0 Å². The fourth-order valence-corrected chi connectivity index (χ4v) is 1.33. The summed E-state index contributed by atoms with van der Waals surface area (Å²) in [5.74, 6) is 2.62. The number of ether oxygens (including phenoxy) is 1. The van der Waals surface area contributed by atoms with Gasteiger partial charge >= 0.3 is 0 Å².